The average molecular weight is 192 g/mol. The Morgan fingerprint density at radius 3 is 2.71 bits per heavy atom. The standard InChI is InChI=1S/C12H20N2/c1-5-9(2)11(4)14-12-8-13-7-6-10(12)3/h6-9,11,14H,5H2,1-4H3/t9-,11+/m1/s1. The molecular formula is C12H20N2. The van der Waals surface area contributed by atoms with Gasteiger partial charge in [-0.2, -0.15) is 0 Å². The van der Waals surface area contributed by atoms with Crippen molar-refractivity contribution < 1.29 is 0 Å². The number of aromatic nitrogens is 1. The highest BCUT2D eigenvalue weighted by atomic mass is 14.9. The number of nitrogens with one attached hydrogen (secondary N) is 1. The molecule has 0 aliphatic rings. The molecule has 1 aromatic rings. The molecular weight excluding hydrogens is 172 g/mol. The van der Waals surface area contributed by atoms with Crippen LogP contribution in [-0.2, 0) is 0 Å². The SMILES string of the molecule is CC[C@@H](C)[C@H](C)Nc1cnccc1C. The van der Waals surface area contributed by atoms with Crippen LogP contribution in [-0.4, -0.2) is 11.0 Å². The number of hydrogen-bond donors (Lipinski definition) is 1. The highest BCUT2D eigenvalue weighted by Crippen LogP contribution is 2.17. The van der Waals surface area contributed by atoms with Crippen LogP contribution in [0, 0.1) is 12.8 Å². The van der Waals surface area contributed by atoms with E-state index < -0.39 is 0 Å². The maximum atomic E-state index is 4.12. The summed E-state index contributed by atoms with van der Waals surface area (Å²) >= 11 is 0. The van der Waals surface area contributed by atoms with Crippen LogP contribution in [0.15, 0.2) is 18.5 Å². The molecule has 0 fully saturated rings. The molecule has 0 aliphatic carbocycles. The van der Waals surface area contributed by atoms with Gasteiger partial charge in [-0.3, -0.25) is 4.98 Å². The second kappa shape index (κ2) is 4.99. The summed E-state index contributed by atoms with van der Waals surface area (Å²) in [6, 6.07) is 2.54. The van der Waals surface area contributed by atoms with Crippen molar-refractivity contribution in [2.24, 2.45) is 5.92 Å². The average Bonchev–Trinajstić information content (AvgIpc) is 2.20. The summed E-state index contributed by atoms with van der Waals surface area (Å²) in [5.74, 6) is 0.689. The minimum absolute atomic E-state index is 0.503. The zero-order valence-corrected chi connectivity index (χ0v) is 9.54. The number of rotatable bonds is 4. The van der Waals surface area contributed by atoms with E-state index in [1.165, 1.54) is 12.0 Å². The Bertz CT molecular complexity index is 283. The monoisotopic (exact) mass is 192 g/mol. The quantitative estimate of drug-likeness (QED) is 0.792. The summed E-state index contributed by atoms with van der Waals surface area (Å²) < 4.78 is 0. The van der Waals surface area contributed by atoms with E-state index in [0.29, 0.717) is 12.0 Å². The van der Waals surface area contributed by atoms with Crippen LogP contribution in [0.4, 0.5) is 5.69 Å². The Hall–Kier alpha value is -1.05. The van der Waals surface area contributed by atoms with Crippen LogP contribution in [0.5, 0.6) is 0 Å². The molecule has 2 heteroatoms. The first-order valence-electron chi connectivity index (χ1n) is 5.32. The first kappa shape index (κ1) is 11.0. The van der Waals surface area contributed by atoms with E-state index in [-0.39, 0.29) is 0 Å². The van der Waals surface area contributed by atoms with Gasteiger partial charge in [0.05, 0.1) is 11.9 Å². The van der Waals surface area contributed by atoms with Crippen molar-refractivity contribution in [1.82, 2.24) is 4.98 Å². The molecule has 1 rings (SSSR count). The van der Waals surface area contributed by atoms with Gasteiger partial charge in [-0.05, 0) is 31.4 Å². The van der Waals surface area contributed by atoms with Gasteiger partial charge >= 0.3 is 0 Å². The minimum atomic E-state index is 0.503. The largest absolute Gasteiger partial charge is 0.381 e. The number of hydrogen-bond acceptors (Lipinski definition) is 2. The summed E-state index contributed by atoms with van der Waals surface area (Å²) in [6.45, 7) is 8.82. The van der Waals surface area contributed by atoms with Crippen molar-refractivity contribution >= 4 is 5.69 Å². The van der Waals surface area contributed by atoms with Crippen molar-refractivity contribution in [3.63, 3.8) is 0 Å². The molecule has 0 spiro atoms. The van der Waals surface area contributed by atoms with Gasteiger partial charge in [0, 0.05) is 12.2 Å². The van der Waals surface area contributed by atoms with E-state index in [9.17, 15) is 0 Å². The maximum absolute atomic E-state index is 4.12. The van der Waals surface area contributed by atoms with E-state index in [4.69, 9.17) is 0 Å². The molecule has 78 valence electrons. The number of nitrogens with zero attached hydrogens (tertiary/aromatic N) is 1. The molecule has 2 atom stereocenters. The van der Waals surface area contributed by atoms with E-state index in [2.05, 4.69) is 38.0 Å². The normalized spacial score (nSPS) is 14.9. The summed E-state index contributed by atoms with van der Waals surface area (Å²) in [6.07, 6.45) is 4.93. The summed E-state index contributed by atoms with van der Waals surface area (Å²) in [5, 5.41) is 3.50. The summed E-state index contributed by atoms with van der Waals surface area (Å²) in [7, 11) is 0. The zero-order valence-electron chi connectivity index (χ0n) is 9.54. The van der Waals surface area contributed by atoms with Crippen LogP contribution < -0.4 is 5.32 Å². The van der Waals surface area contributed by atoms with Gasteiger partial charge in [-0.15, -0.1) is 0 Å². The van der Waals surface area contributed by atoms with Crippen LogP contribution in [0.1, 0.15) is 32.8 Å². The predicted molar refractivity (Wildman–Crippen MR) is 61.5 cm³/mol. The Balaban J connectivity index is 2.64. The Morgan fingerprint density at radius 1 is 1.43 bits per heavy atom. The van der Waals surface area contributed by atoms with E-state index in [1.54, 1.807) is 0 Å². The first-order chi connectivity index (χ1) is 6.65. The summed E-state index contributed by atoms with van der Waals surface area (Å²) in [4.78, 5) is 4.12. The third-order valence-corrected chi connectivity index (χ3v) is 2.92. The molecule has 1 aromatic heterocycles. The number of pyridine rings is 1. The van der Waals surface area contributed by atoms with Crippen molar-refractivity contribution in [2.45, 2.75) is 40.2 Å². The lowest BCUT2D eigenvalue weighted by Gasteiger charge is -2.21. The van der Waals surface area contributed by atoms with Crippen molar-refractivity contribution in [3.8, 4) is 0 Å². The minimum Gasteiger partial charge on any atom is -0.381 e. The third-order valence-electron chi connectivity index (χ3n) is 2.92. The molecule has 0 bridgehead atoms. The van der Waals surface area contributed by atoms with Crippen LogP contribution in [0.25, 0.3) is 0 Å². The molecule has 0 aliphatic heterocycles. The Labute approximate surface area is 86.8 Å². The van der Waals surface area contributed by atoms with Crippen molar-refractivity contribution in [2.75, 3.05) is 5.32 Å². The lowest BCUT2D eigenvalue weighted by molar-refractivity contribution is 0.494. The second-order valence-corrected chi connectivity index (χ2v) is 4.01. The highest BCUT2D eigenvalue weighted by molar-refractivity contribution is 5.48. The van der Waals surface area contributed by atoms with Gasteiger partial charge in [0.15, 0.2) is 0 Å². The second-order valence-electron chi connectivity index (χ2n) is 4.01. The molecule has 0 saturated heterocycles. The van der Waals surface area contributed by atoms with Gasteiger partial charge in [0.1, 0.15) is 0 Å². The molecule has 0 unspecified atom stereocenters. The zero-order chi connectivity index (χ0) is 10.6. The molecule has 0 saturated carbocycles. The summed E-state index contributed by atoms with van der Waals surface area (Å²) in [5.41, 5.74) is 2.41. The van der Waals surface area contributed by atoms with Gasteiger partial charge < -0.3 is 5.32 Å². The van der Waals surface area contributed by atoms with Gasteiger partial charge in [-0.25, -0.2) is 0 Å². The molecule has 14 heavy (non-hydrogen) atoms. The molecule has 1 heterocycles. The molecule has 0 amide bonds. The molecule has 0 aromatic carbocycles. The fourth-order valence-electron chi connectivity index (χ4n) is 1.36. The van der Waals surface area contributed by atoms with Crippen molar-refractivity contribution in [3.05, 3.63) is 24.0 Å². The molecule has 1 N–H and O–H groups in total. The van der Waals surface area contributed by atoms with E-state index in [1.807, 2.05) is 18.5 Å². The Kier molecular flexibility index (Phi) is 3.93. The first-order valence-corrected chi connectivity index (χ1v) is 5.32. The van der Waals surface area contributed by atoms with Gasteiger partial charge in [-0.1, -0.05) is 20.3 Å². The fourth-order valence-corrected chi connectivity index (χ4v) is 1.36. The smallest absolute Gasteiger partial charge is 0.0558 e. The van der Waals surface area contributed by atoms with Crippen LogP contribution in [0.3, 0.4) is 0 Å². The predicted octanol–water partition coefficient (Wildman–Crippen LogP) is 3.24. The Morgan fingerprint density at radius 2 is 2.14 bits per heavy atom. The lowest BCUT2D eigenvalue weighted by Crippen LogP contribution is -2.23. The van der Waals surface area contributed by atoms with E-state index >= 15 is 0 Å². The van der Waals surface area contributed by atoms with E-state index in [0.717, 1.165) is 5.69 Å². The van der Waals surface area contributed by atoms with Crippen molar-refractivity contribution in [1.29, 1.82) is 0 Å². The highest BCUT2D eigenvalue weighted by Gasteiger charge is 2.10. The van der Waals surface area contributed by atoms with Gasteiger partial charge in [0.25, 0.3) is 0 Å². The van der Waals surface area contributed by atoms with Crippen LogP contribution in [0.2, 0.25) is 0 Å². The number of anilines is 1. The van der Waals surface area contributed by atoms with Crippen LogP contribution >= 0.6 is 0 Å². The number of aryl methyl sites for hydroxylation is 1. The molecule has 2 nitrogen and oxygen atoms in total. The van der Waals surface area contributed by atoms with Gasteiger partial charge in [0.2, 0.25) is 0 Å². The lowest BCUT2D eigenvalue weighted by atomic mass is 10.0. The maximum Gasteiger partial charge on any atom is 0.0558 e. The molecule has 0 radical (unpaired) electrons. The third kappa shape index (κ3) is 2.72. The topological polar surface area (TPSA) is 24.9 Å². The fraction of sp³-hybridized carbons (Fsp3) is 0.583.